The lowest BCUT2D eigenvalue weighted by molar-refractivity contribution is 0.0963. The molecule has 0 aliphatic heterocycles. The molecule has 1 aliphatic rings. The summed E-state index contributed by atoms with van der Waals surface area (Å²) in [6.07, 6.45) is 5.39. The molecule has 3 rings (SSSR count). The van der Waals surface area contributed by atoms with Crippen molar-refractivity contribution < 1.29 is 5.11 Å². The monoisotopic (exact) mass is 276 g/mol. The van der Waals surface area contributed by atoms with E-state index in [0.29, 0.717) is 24.8 Å². The Labute approximate surface area is 117 Å². The van der Waals surface area contributed by atoms with E-state index in [1.54, 1.807) is 10.6 Å². The van der Waals surface area contributed by atoms with Crippen LogP contribution in [-0.2, 0) is 6.54 Å². The number of fused-ring (bicyclic) bond motifs is 1. The summed E-state index contributed by atoms with van der Waals surface area (Å²) >= 11 is 0. The van der Waals surface area contributed by atoms with Crippen molar-refractivity contribution in [1.29, 1.82) is 0 Å². The predicted octanol–water partition coefficient (Wildman–Crippen LogP) is 0.343. The predicted molar refractivity (Wildman–Crippen MR) is 75.7 cm³/mol. The van der Waals surface area contributed by atoms with Gasteiger partial charge < -0.3 is 5.11 Å². The minimum Gasteiger partial charge on any atom is -0.395 e. The summed E-state index contributed by atoms with van der Waals surface area (Å²) in [4.78, 5) is 14.4. The number of aliphatic hydroxyl groups excluding tert-OH is 1. The molecule has 1 saturated carbocycles. The number of pyridine rings is 1. The first-order valence-electron chi connectivity index (χ1n) is 7.19. The van der Waals surface area contributed by atoms with E-state index in [1.807, 2.05) is 18.2 Å². The van der Waals surface area contributed by atoms with Gasteiger partial charge in [0.25, 0.3) is 0 Å². The van der Waals surface area contributed by atoms with E-state index < -0.39 is 0 Å². The van der Waals surface area contributed by atoms with Crippen molar-refractivity contribution in [1.82, 2.24) is 19.1 Å². The molecule has 1 fully saturated rings. The quantitative estimate of drug-likeness (QED) is 0.826. The fourth-order valence-corrected chi connectivity index (χ4v) is 2.69. The second-order valence-electron chi connectivity index (χ2n) is 5.28. The minimum atomic E-state index is -0.0989. The molecule has 0 unspecified atom stereocenters. The number of aromatic nitrogens is 3. The third-order valence-electron chi connectivity index (χ3n) is 4.07. The maximum atomic E-state index is 12.1. The molecule has 0 saturated heterocycles. The fraction of sp³-hybridized carbons (Fsp3) is 0.571. The molecule has 0 amide bonds. The molecule has 2 heterocycles. The van der Waals surface area contributed by atoms with E-state index in [-0.39, 0.29) is 12.3 Å². The highest BCUT2D eigenvalue weighted by Gasteiger charge is 2.24. The molecule has 0 atom stereocenters. The van der Waals surface area contributed by atoms with Crippen molar-refractivity contribution in [3.05, 3.63) is 34.9 Å². The highest BCUT2D eigenvalue weighted by Crippen LogP contribution is 2.24. The lowest BCUT2D eigenvalue weighted by Gasteiger charge is -2.37. The highest BCUT2D eigenvalue weighted by molar-refractivity contribution is 5.35. The molecule has 0 aromatic carbocycles. The van der Waals surface area contributed by atoms with E-state index in [2.05, 4.69) is 10.00 Å². The molecule has 108 valence electrons. The number of nitrogens with zero attached hydrogens (tertiary/aromatic N) is 4. The molecular weight excluding hydrogens is 256 g/mol. The second-order valence-corrected chi connectivity index (χ2v) is 5.28. The summed E-state index contributed by atoms with van der Waals surface area (Å²) < 4.78 is 3.07. The van der Waals surface area contributed by atoms with Gasteiger partial charge in [-0.05, 0) is 25.0 Å². The number of rotatable bonds is 6. The standard InChI is InChI=1S/C14H20N4O2/c19-11-10-16(12-4-3-5-12)8-9-18-14(20)17-7-2-1-6-13(17)15-18/h1-2,6-7,12,19H,3-5,8-11H2. The van der Waals surface area contributed by atoms with Gasteiger partial charge in [-0.15, -0.1) is 5.10 Å². The van der Waals surface area contributed by atoms with Gasteiger partial charge in [0, 0.05) is 25.3 Å². The molecule has 1 N–H and O–H groups in total. The number of hydrogen-bond donors (Lipinski definition) is 1. The molecule has 0 radical (unpaired) electrons. The lowest BCUT2D eigenvalue weighted by Crippen LogP contribution is -2.44. The summed E-state index contributed by atoms with van der Waals surface area (Å²) in [6, 6.07) is 6.09. The summed E-state index contributed by atoms with van der Waals surface area (Å²) in [5.41, 5.74) is 0.577. The highest BCUT2D eigenvalue weighted by atomic mass is 16.3. The lowest BCUT2D eigenvalue weighted by atomic mass is 9.91. The molecule has 20 heavy (non-hydrogen) atoms. The Morgan fingerprint density at radius 3 is 2.85 bits per heavy atom. The van der Waals surface area contributed by atoms with E-state index in [9.17, 15) is 4.79 Å². The van der Waals surface area contributed by atoms with Crippen LogP contribution in [0.2, 0.25) is 0 Å². The van der Waals surface area contributed by atoms with Gasteiger partial charge in [-0.25, -0.2) is 9.48 Å². The third-order valence-corrected chi connectivity index (χ3v) is 4.07. The van der Waals surface area contributed by atoms with Gasteiger partial charge in [-0.2, -0.15) is 0 Å². The zero-order valence-electron chi connectivity index (χ0n) is 11.5. The second kappa shape index (κ2) is 5.76. The fourth-order valence-electron chi connectivity index (χ4n) is 2.69. The van der Waals surface area contributed by atoms with Crippen LogP contribution in [0.3, 0.4) is 0 Å². The maximum absolute atomic E-state index is 12.1. The normalized spacial score (nSPS) is 15.9. The Balaban J connectivity index is 1.72. The van der Waals surface area contributed by atoms with Gasteiger partial charge in [0.1, 0.15) is 0 Å². The Kier molecular flexibility index (Phi) is 3.84. The molecule has 1 aliphatic carbocycles. The first kappa shape index (κ1) is 13.3. The maximum Gasteiger partial charge on any atom is 0.350 e. The van der Waals surface area contributed by atoms with Crippen LogP contribution in [0.4, 0.5) is 0 Å². The van der Waals surface area contributed by atoms with Crippen LogP contribution in [0.5, 0.6) is 0 Å². The first-order valence-corrected chi connectivity index (χ1v) is 7.19. The molecule has 2 aromatic rings. The summed E-state index contributed by atoms with van der Waals surface area (Å²) in [5, 5.41) is 13.5. The van der Waals surface area contributed by atoms with Gasteiger partial charge in [0.05, 0.1) is 13.2 Å². The van der Waals surface area contributed by atoms with Crippen LogP contribution >= 0.6 is 0 Å². The largest absolute Gasteiger partial charge is 0.395 e. The SMILES string of the molecule is O=c1n(CCN(CCO)C2CCC2)nc2ccccn12. The average Bonchev–Trinajstić information content (AvgIpc) is 2.72. The Morgan fingerprint density at radius 1 is 1.35 bits per heavy atom. The van der Waals surface area contributed by atoms with Gasteiger partial charge in [0.2, 0.25) is 0 Å². The van der Waals surface area contributed by atoms with Crippen molar-refractivity contribution in [2.45, 2.75) is 31.8 Å². The molecule has 0 spiro atoms. The van der Waals surface area contributed by atoms with Crippen LogP contribution in [0.25, 0.3) is 5.65 Å². The van der Waals surface area contributed by atoms with Crippen LogP contribution in [-0.4, -0.2) is 49.9 Å². The average molecular weight is 276 g/mol. The Bertz CT molecular complexity index is 629. The first-order chi connectivity index (χ1) is 9.79. The van der Waals surface area contributed by atoms with Crippen molar-refractivity contribution in [3.8, 4) is 0 Å². The third kappa shape index (κ3) is 2.48. The van der Waals surface area contributed by atoms with Crippen LogP contribution < -0.4 is 5.69 Å². The Morgan fingerprint density at radius 2 is 2.20 bits per heavy atom. The zero-order chi connectivity index (χ0) is 13.9. The summed E-state index contributed by atoms with van der Waals surface area (Å²) in [7, 11) is 0. The smallest absolute Gasteiger partial charge is 0.350 e. The molecule has 6 heteroatoms. The van der Waals surface area contributed by atoms with Crippen molar-refractivity contribution in [2.24, 2.45) is 0 Å². The van der Waals surface area contributed by atoms with Crippen LogP contribution in [0, 0.1) is 0 Å². The molecule has 6 nitrogen and oxygen atoms in total. The molecular formula is C14H20N4O2. The van der Waals surface area contributed by atoms with Crippen LogP contribution in [0.1, 0.15) is 19.3 Å². The summed E-state index contributed by atoms with van der Waals surface area (Å²) in [6.45, 7) is 2.16. The van der Waals surface area contributed by atoms with E-state index >= 15 is 0 Å². The van der Waals surface area contributed by atoms with Gasteiger partial charge >= 0.3 is 5.69 Å². The van der Waals surface area contributed by atoms with E-state index in [1.165, 1.54) is 23.9 Å². The van der Waals surface area contributed by atoms with Crippen molar-refractivity contribution in [2.75, 3.05) is 19.7 Å². The molecule has 2 aromatic heterocycles. The summed E-state index contributed by atoms with van der Waals surface area (Å²) in [5.74, 6) is 0. The van der Waals surface area contributed by atoms with Crippen LogP contribution in [0.15, 0.2) is 29.2 Å². The Hall–Kier alpha value is -1.66. The van der Waals surface area contributed by atoms with Gasteiger partial charge in [0.15, 0.2) is 5.65 Å². The van der Waals surface area contributed by atoms with Gasteiger partial charge in [-0.1, -0.05) is 12.5 Å². The van der Waals surface area contributed by atoms with Gasteiger partial charge in [-0.3, -0.25) is 9.30 Å². The zero-order valence-corrected chi connectivity index (χ0v) is 11.5. The van der Waals surface area contributed by atoms with Crippen molar-refractivity contribution in [3.63, 3.8) is 0 Å². The minimum absolute atomic E-state index is 0.0989. The topological polar surface area (TPSA) is 62.8 Å². The van der Waals surface area contributed by atoms with E-state index in [0.717, 1.165) is 6.54 Å². The number of aliphatic hydroxyl groups is 1. The van der Waals surface area contributed by atoms with E-state index in [4.69, 9.17) is 5.11 Å². The molecule has 0 bridgehead atoms. The van der Waals surface area contributed by atoms with Crippen molar-refractivity contribution >= 4 is 5.65 Å². The number of hydrogen-bond acceptors (Lipinski definition) is 4.